The standard InChI is InChI=1S/C23H29IN2O4/c1-5-21(23(28)25-16(2)3)26(14-17-7-6-8-20(13-17)29-4)22(27)15-30-19-11-9-18(24)10-12-19/h6-13,16,21H,5,14-15H2,1-4H3,(H,25,28)/t21-/m1/s1. The van der Waals surface area contributed by atoms with Crippen LogP contribution in [0.2, 0.25) is 0 Å². The van der Waals surface area contributed by atoms with Crippen LogP contribution in [0.3, 0.4) is 0 Å². The molecule has 30 heavy (non-hydrogen) atoms. The van der Waals surface area contributed by atoms with E-state index in [1.807, 2.05) is 69.3 Å². The quantitative estimate of drug-likeness (QED) is 0.477. The van der Waals surface area contributed by atoms with E-state index in [9.17, 15) is 9.59 Å². The highest BCUT2D eigenvalue weighted by atomic mass is 127. The van der Waals surface area contributed by atoms with Gasteiger partial charge in [-0.1, -0.05) is 19.1 Å². The predicted molar refractivity (Wildman–Crippen MR) is 126 cm³/mol. The van der Waals surface area contributed by atoms with E-state index >= 15 is 0 Å². The Labute approximate surface area is 192 Å². The fraction of sp³-hybridized carbons (Fsp3) is 0.391. The van der Waals surface area contributed by atoms with Crippen molar-refractivity contribution in [3.63, 3.8) is 0 Å². The minimum Gasteiger partial charge on any atom is -0.497 e. The molecule has 0 aliphatic rings. The summed E-state index contributed by atoms with van der Waals surface area (Å²) < 4.78 is 12.1. The first-order valence-electron chi connectivity index (χ1n) is 9.95. The number of hydrogen-bond donors (Lipinski definition) is 1. The van der Waals surface area contributed by atoms with E-state index in [1.165, 1.54) is 0 Å². The molecule has 1 atom stereocenters. The van der Waals surface area contributed by atoms with Gasteiger partial charge in [-0.05, 0) is 84.8 Å². The number of ether oxygens (including phenoxy) is 2. The monoisotopic (exact) mass is 524 g/mol. The van der Waals surface area contributed by atoms with Gasteiger partial charge < -0.3 is 19.7 Å². The summed E-state index contributed by atoms with van der Waals surface area (Å²) in [6.45, 7) is 5.85. The number of carbonyl (C=O) groups is 2. The van der Waals surface area contributed by atoms with Gasteiger partial charge in [0, 0.05) is 16.2 Å². The maximum absolute atomic E-state index is 13.1. The number of nitrogens with zero attached hydrogens (tertiary/aromatic N) is 1. The molecule has 2 rings (SSSR count). The van der Waals surface area contributed by atoms with Crippen molar-refractivity contribution in [1.29, 1.82) is 0 Å². The van der Waals surface area contributed by atoms with Crippen LogP contribution in [0.25, 0.3) is 0 Å². The average Bonchev–Trinajstić information content (AvgIpc) is 2.72. The van der Waals surface area contributed by atoms with Gasteiger partial charge in [-0.2, -0.15) is 0 Å². The smallest absolute Gasteiger partial charge is 0.261 e. The number of halogens is 1. The van der Waals surface area contributed by atoms with E-state index in [2.05, 4.69) is 27.9 Å². The number of benzene rings is 2. The van der Waals surface area contributed by atoms with Crippen molar-refractivity contribution < 1.29 is 19.1 Å². The first kappa shape index (κ1) is 24.0. The van der Waals surface area contributed by atoms with Crippen molar-refractivity contribution in [2.75, 3.05) is 13.7 Å². The second kappa shape index (κ2) is 11.8. The molecule has 6 nitrogen and oxygen atoms in total. The van der Waals surface area contributed by atoms with Gasteiger partial charge >= 0.3 is 0 Å². The summed E-state index contributed by atoms with van der Waals surface area (Å²) in [5.41, 5.74) is 0.882. The molecule has 0 spiro atoms. The summed E-state index contributed by atoms with van der Waals surface area (Å²) in [4.78, 5) is 27.5. The Bertz CT molecular complexity index is 839. The predicted octanol–water partition coefficient (Wildman–Crippen LogP) is 4.01. The Morgan fingerprint density at radius 1 is 1.10 bits per heavy atom. The Hall–Kier alpha value is -2.29. The lowest BCUT2D eigenvalue weighted by Gasteiger charge is -2.31. The molecule has 0 heterocycles. The van der Waals surface area contributed by atoms with Gasteiger partial charge in [-0.3, -0.25) is 9.59 Å². The fourth-order valence-corrected chi connectivity index (χ4v) is 3.39. The van der Waals surface area contributed by atoms with Crippen molar-refractivity contribution in [3.05, 3.63) is 57.7 Å². The van der Waals surface area contributed by atoms with E-state index in [1.54, 1.807) is 12.0 Å². The molecule has 2 aromatic rings. The molecule has 2 aromatic carbocycles. The van der Waals surface area contributed by atoms with Gasteiger partial charge in [0.2, 0.25) is 5.91 Å². The van der Waals surface area contributed by atoms with Gasteiger partial charge in [-0.25, -0.2) is 0 Å². The summed E-state index contributed by atoms with van der Waals surface area (Å²) in [6, 6.07) is 14.4. The molecule has 0 radical (unpaired) electrons. The largest absolute Gasteiger partial charge is 0.497 e. The highest BCUT2D eigenvalue weighted by molar-refractivity contribution is 14.1. The second-order valence-electron chi connectivity index (χ2n) is 7.20. The molecule has 162 valence electrons. The fourth-order valence-electron chi connectivity index (χ4n) is 3.03. The normalized spacial score (nSPS) is 11.7. The zero-order valence-corrected chi connectivity index (χ0v) is 20.0. The van der Waals surface area contributed by atoms with E-state index in [0.717, 1.165) is 9.13 Å². The Kier molecular flexibility index (Phi) is 9.42. The van der Waals surface area contributed by atoms with Gasteiger partial charge in [0.15, 0.2) is 6.61 Å². The molecule has 0 saturated heterocycles. The number of carbonyl (C=O) groups excluding carboxylic acids is 2. The number of hydrogen-bond acceptors (Lipinski definition) is 4. The molecule has 0 aromatic heterocycles. The van der Waals surface area contributed by atoms with Crippen molar-refractivity contribution in [1.82, 2.24) is 10.2 Å². The number of rotatable bonds is 10. The molecule has 0 unspecified atom stereocenters. The third-order valence-electron chi connectivity index (χ3n) is 4.48. The highest BCUT2D eigenvalue weighted by Crippen LogP contribution is 2.18. The maximum Gasteiger partial charge on any atom is 0.261 e. The first-order chi connectivity index (χ1) is 14.3. The number of amides is 2. The lowest BCUT2D eigenvalue weighted by Crippen LogP contribution is -2.51. The van der Waals surface area contributed by atoms with Gasteiger partial charge in [0.25, 0.3) is 5.91 Å². The molecule has 0 aliphatic carbocycles. The molecule has 1 N–H and O–H groups in total. The van der Waals surface area contributed by atoms with E-state index < -0.39 is 6.04 Å². The molecular weight excluding hydrogens is 495 g/mol. The third-order valence-corrected chi connectivity index (χ3v) is 5.20. The summed E-state index contributed by atoms with van der Waals surface area (Å²) >= 11 is 2.21. The van der Waals surface area contributed by atoms with Crippen molar-refractivity contribution in [2.45, 2.75) is 45.8 Å². The average molecular weight is 524 g/mol. The zero-order valence-electron chi connectivity index (χ0n) is 17.9. The van der Waals surface area contributed by atoms with Crippen LogP contribution in [-0.2, 0) is 16.1 Å². The lowest BCUT2D eigenvalue weighted by atomic mass is 10.1. The number of nitrogens with one attached hydrogen (secondary N) is 1. The van der Waals surface area contributed by atoms with Crippen molar-refractivity contribution >= 4 is 34.4 Å². The van der Waals surface area contributed by atoms with E-state index in [4.69, 9.17) is 9.47 Å². The van der Waals surface area contributed by atoms with Crippen LogP contribution < -0.4 is 14.8 Å². The van der Waals surface area contributed by atoms with E-state index in [-0.39, 0.29) is 31.0 Å². The van der Waals surface area contributed by atoms with Crippen LogP contribution in [0.1, 0.15) is 32.8 Å². The van der Waals surface area contributed by atoms with Gasteiger partial charge in [0.05, 0.1) is 7.11 Å². The highest BCUT2D eigenvalue weighted by Gasteiger charge is 2.29. The molecule has 0 aliphatic heterocycles. The Balaban J connectivity index is 2.22. The number of methoxy groups -OCH3 is 1. The summed E-state index contributed by atoms with van der Waals surface area (Å²) in [7, 11) is 1.60. The maximum atomic E-state index is 13.1. The van der Waals surface area contributed by atoms with Crippen LogP contribution in [-0.4, -0.2) is 42.5 Å². The zero-order chi connectivity index (χ0) is 22.1. The molecule has 0 bridgehead atoms. The molecular formula is C23H29IN2O4. The Morgan fingerprint density at radius 3 is 2.40 bits per heavy atom. The molecule has 0 fully saturated rings. The van der Waals surface area contributed by atoms with Crippen molar-refractivity contribution in [3.8, 4) is 11.5 Å². The van der Waals surface area contributed by atoms with Crippen LogP contribution in [0.4, 0.5) is 0 Å². The Morgan fingerprint density at radius 2 is 1.80 bits per heavy atom. The third kappa shape index (κ3) is 7.19. The SMILES string of the molecule is CC[C@H](C(=O)NC(C)C)N(Cc1cccc(OC)c1)C(=O)COc1ccc(I)cc1. The minimum absolute atomic E-state index is 0.0108. The first-order valence-corrected chi connectivity index (χ1v) is 11.0. The van der Waals surface area contributed by atoms with Crippen LogP contribution in [0.5, 0.6) is 11.5 Å². The van der Waals surface area contributed by atoms with Crippen LogP contribution >= 0.6 is 22.6 Å². The lowest BCUT2D eigenvalue weighted by molar-refractivity contribution is -0.143. The summed E-state index contributed by atoms with van der Waals surface area (Å²) in [6.07, 6.45) is 0.498. The van der Waals surface area contributed by atoms with E-state index in [0.29, 0.717) is 17.9 Å². The summed E-state index contributed by atoms with van der Waals surface area (Å²) in [5, 5.41) is 2.92. The molecule has 7 heteroatoms. The van der Waals surface area contributed by atoms with Gasteiger partial charge in [-0.15, -0.1) is 0 Å². The minimum atomic E-state index is -0.591. The van der Waals surface area contributed by atoms with Gasteiger partial charge in [0.1, 0.15) is 17.5 Å². The van der Waals surface area contributed by atoms with Crippen LogP contribution in [0, 0.1) is 3.57 Å². The molecule has 0 saturated carbocycles. The topological polar surface area (TPSA) is 67.9 Å². The molecule has 2 amide bonds. The second-order valence-corrected chi connectivity index (χ2v) is 8.45. The summed E-state index contributed by atoms with van der Waals surface area (Å²) in [5.74, 6) is 0.902. The van der Waals surface area contributed by atoms with Crippen molar-refractivity contribution in [2.24, 2.45) is 0 Å². The van der Waals surface area contributed by atoms with Crippen LogP contribution in [0.15, 0.2) is 48.5 Å².